The third kappa shape index (κ3) is 17.8. The zero-order chi connectivity index (χ0) is 76.0. The molecule has 4 aliphatic rings. The highest BCUT2D eigenvalue weighted by molar-refractivity contribution is 6.90. The van der Waals surface area contributed by atoms with Gasteiger partial charge in [0.2, 0.25) is 17.1 Å². The van der Waals surface area contributed by atoms with Gasteiger partial charge in [0.25, 0.3) is 0 Å². The Morgan fingerprint density at radius 2 is 0.606 bits per heavy atom. The maximum Gasteiger partial charge on any atom is 0.220 e. The Kier molecular flexibility index (Phi) is 24.4. The SMILES string of the molecule is Cc1c(-c2c3ccc([Si](C)(C)Cc4ccccc4)cc3cc[n+]2C)cc(C2CCCCC2)cc1C1CCCCC1.Cc1cc(C2CCCCC2)cc(-c2c3ccc([Si](C)(C)Cc4ccccc4)cc3cc[n+]2C)c1C.Cc1ccc(C2CCCCC2)cc1-c1c2ccc([Si](C)(C)Cc3ccccc3)cc2cc[n+]1C. The smallest absolute Gasteiger partial charge is 0.200 e. The quantitative estimate of drug-likeness (QED) is 0.0675. The van der Waals surface area contributed by atoms with E-state index in [1.54, 1.807) is 21.9 Å². The standard InChI is InChI=1S/C38H48NSi.C33H40NSi.C32H38NSi/c1-28-36(31-18-12-7-13-19-31)25-33(30-16-10-6-11-17-30)26-37(28)38-35-21-20-34(24-32(35)22-23-39(38)2)40(3,4)27-29-14-8-5-9-15-29;1-24-20-29(27-14-10-7-11-15-27)22-32(25(24)2)33-31-17-16-30(21-28(31)18-19-34(33)3)35(4,5)23-26-12-8-6-9-13-26;1-24-15-16-27(26-13-9-6-10-14-26)22-31(24)32-30-18-17-29(21-28(30)19-20-33(32)2)34(3,4)23-25-11-7-5-8-12-25/h5,8-9,14-15,20-26,30-31H,6-7,10-13,16-19,27H2,1-4H3;6,8-9,12-13,16-22,27H,7,10-11,14-15,23H2,1-5H3;5,7-8,11-12,15-22,26H,6,9-10,13-14,23H2,1-4H3/q3*+1. The summed E-state index contributed by atoms with van der Waals surface area (Å²) < 4.78 is 7.05. The number of nitrogens with zero attached hydrogens (tertiary/aromatic N) is 3. The molecule has 0 saturated heterocycles. The lowest BCUT2D eigenvalue weighted by molar-refractivity contribution is -0.659. The number of benzene rings is 9. The third-order valence-corrected chi connectivity index (χ3v) is 36.2. The second-order valence-corrected chi connectivity index (χ2v) is 50.2. The summed E-state index contributed by atoms with van der Waals surface area (Å²) in [6, 6.07) is 83.1. The van der Waals surface area contributed by atoms with E-state index in [9.17, 15) is 0 Å². The molecular formula is C103H126N3Si3+3. The fraction of sp³-hybridized carbons (Fsp3) is 0.388. The van der Waals surface area contributed by atoms with E-state index >= 15 is 0 Å². The Balaban J connectivity index is 0.000000137. The Hall–Kier alpha value is -8.14. The molecule has 4 fully saturated rings. The monoisotopic (exact) mass is 1490 g/mol. The van der Waals surface area contributed by atoms with Crippen molar-refractivity contribution in [2.75, 3.05) is 0 Å². The Morgan fingerprint density at radius 3 is 0.982 bits per heavy atom. The molecule has 12 aromatic rings. The van der Waals surface area contributed by atoms with Crippen molar-refractivity contribution >= 4 is 72.1 Å². The van der Waals surface area contributed by atoms with Gasteiger partial charge < -0.3 is 0 Å². The van der Waals surface area contributed by atoms with Gasteiger partial charge in [-0.3, -0.25) is 0 Å². The summed E-state index contributed by atoms with van der Waals surface area (Å²) in [4.78, 5) is 0. The number of pyridine rings is 3. The topological polar surface area (TPSA) is 11.6 Å². The van der Waals surface area contributed by atoms with Crippen LogP contribution in [-0.2, 0) is 39.3 Å². The number of rotatable bonds is 16. The number of aromatic nitrogens is 3. The third-order valence-electron chi connectivity index (χ3n) is 26.7. The van der Waals surface area contributed by atoms with E-state index in [1.807, 2.05) is 0 Å². The molecule has 4 saturated carbocycles. The molecule has 3 aromatic heterocycles. The maximum absolute atomic E-state index is 2.66. The van der Waals surface area contributed by atoms with Gasteiger partial charge >= 0.3 is 0 Å². The van der Waals surface area contributed by atoms with E-state index in [-0.39, 0.29) is 0 Å². The van der Waals surface area contributed by atoms with Crippen molar-refractivity contribution in [2.24, 2.45) is 21.1 Å². The Bertz CT molecular complexity index is 5140. The van der Waals surface area contributed by atoms with Crippen LogP contribution in [0.2, 0.25) is 39.3 Å². The molecule has 3 nitrogen and oxygen atoms in total. The van der Waals surface area contributed by atoms with Gasteiger partial charge in [0.1, 0.15) is 21.1 Å². The van der Waals surface area contributed by atoms with E-state index in [0.717, 1.165) is 23.7 Å². The highest BCUT2D eigenvalue weighted by Crippen LogP contribution is 2.44. The van der Waals surface area contributed by atoms with Crippen molar-refractivity contribution in [2.45, 2.75) is 237 Å². The van der Waals surface area contributed by atoms with E-state index in [0.29, 0.717) is 0 Å². The summed E-state index contributed by atoms with van der Waals surface area (Å²) in [5, 5.41) is 12.9. The molecule has 0 spiro atoms. The normalized spacial score (nSPS) is 15.9. The summed E-state index contributed by atoms with van der Waals surface area (Å²) in [6.45, 7) is 24.4. The van der Waals surface area contributed by atoms with Crippen LogP contribution in [0.1, 0.15) is 213 Å². The molecule has 6 heteroatoms. The molecule has 9 aromatic carbocycles. The van der Waals surface area contributed by atoms with Crippen LogP contribution in [0.25, 0.3) is 66.1 Å². The first-order chi connectivity index (χ1) is 52.7. The minimum absolute atomic E-state index is 0.721. The molecule has 0 bridgehead atoms. The van der Waals surface area contributed by atoms with Crippen LogP contribution < -0.4 is 29.3 Å². The van der Waals surface area contributed by atoms with Crippen LogP contribution in [0.5, 0.6) is 0 Å². The first-order valence-electron chi connectivity index (χ1n) is 42.4. The van der Waals surface area contributed by atoms with Crippen molar-refractivity contribution in [3.63, 3.8) is 0 Å². The van der Waals surface area contributed by atoms with Gasteiger partial charge in [-0.15, -0.1) is 0 Å². The largest absolute Gasteiger partial charge is 0.220 e. The fourth-order valence-electron chi connectivity index (χ4n) is 19.9. The van der Waals surface area contributed by atoms with Crippen LogP contribution in [0.15, 0.2) is 225 Å². The zero-order valence-corrected chi connectivity index (χ0v) is 71.8. The first kappa shape index (κ1) is 77.6. The van der Waals surface area contributed by atoms with Crippen LogP contribution in [0.3, 0.4) is 0 Å². The summed E-state index contributed by atoms with van der Waals surface area (Å²) in [5.74, 6) is 2.91. The van der Waals surface area contributed by atoms with E-state index in [1.165, 1.54) is 268 Å². The lowest BCUT2D eigenvalue weighted by Crippen LogP contribution is -2.44. The molecule has 0 radical (unpaired) electrons. The molecule has 0 unspecified atom stereocenters. The van der Waals surface area contributed by atoms with Gasteiger partial charge in [-0.2, -0.15) is 0 Å². The van der Waals surface area contributed by atoms with Crippen molar-refractivity contribution in [3.8, 4) is 33.8 Å². The molecule has 3 heterocycles. The molecule has 0 aliphatic heterocycles. The molecular weight excluding hydrogens is 1360 g/mol. The lowest BCUT2D eigenvalue weighted by Gasteiger charge is -2.28. The summed E-state index contributed by atoms with van der Waals surface area (Å²) in [5.41, 5.74) is 24.8. The maximum atomic E-state index is 2.66. The molecule has 4 aliphatic carbocycles. The van der Waals surface area contributed by atoms with Gasteiger partial charge in [0, 0.05) is 23.8 Å². The van der Waals surface area contributed by atoms with Crippen LogP contribution in [0.4, 0.5) is 0 Å². The predicted molar refractivity (Wildman–Crippen MR) is 476 cm³/mol. The van der Waals surface area contributed by atoms with Crippen molar-refractivity contribution in [1.29, 1.82) is 0 Å². The van der Waals surface area contributed by atoms with E-state index in [2.05, 4.69) is 327 Å². The van der Waals surface area contributed by atoms with Crippen LogP contribution in [-0.4, -0.2) is 24.2 Å². The minimum Gasteiger partial charge on any atom is -0.200 e. The lowest BCUT2D eigenvalue weighted by atomic mass is 9.76. The first-order valence-corrected chi connectivity index (χ1v) is 52.1. The second-order valence-electron chi connectivity index (χ2n) is 36.1. The summed E-state index contributed by atoms with van der Waals surface area (Å²) >= 11 is 0. The van der Waals surface area contributed by atoms with Crippen molar-refractivity contribution in [3.05, 3.63) is 286 Å². The van der Waals surface area contributed by atoms with Gasteiger partial charge in [-0.05, 0) is 218 Å². The second kappa shape index (κ2) is 34.2. The highest BCUT2D eigenvalue weighted by Gasteiger charge is 2.33. The molecule has 109 heavy (non-hydrogen) atoms. The van der Waals surface area contributed by atoms with Gasteiger partial charge in [0.05, 0.1) is 51.5 Å². The summed E-state index contributed by atoms with van der Waals surface area (Å²) in [6.07, 6.45) is 34.3. The van der Waals surface area contributed by atoms with Gasteiger partial charge in [0.15, 0.2) is 18.6 Å². The van der Waals surface area contributed by atoms with E-state index in [4.69, 9.17) is 0 Å². The molecule has 562 valence electrons. The number of aryl methyl sites for hydroxylation is 5. The molecule has 0 N–H and O–H groups in total. The van der Waals surface area contributed by atoms with Crippen LogP contribution >= 0.6 is 0 Å². The average Bonchev–Trinajstić information content (AvgIpc) is 0.761. The van der Waals surface area contributed by atoms with Gasteiger partial charge in [-0.1, -0.05) is 300 Å². The molecule has 0 amide bonds. The van der Waals surface area contributed by atoms with Crippen molar-refractivity contribution in [1.82, 2.24) is 0 Å². The van der Waals surface area contributed by atoms with Gasteiger partial charge in [-0.25, -0.2) is 13.7 Å². The summed E-state index contributed by atoms with van der Waals surface area (Å²) in [7, 11) is 1.83. The Labute approximate surface area is 659 Å². The van der Waals surface area contributed by atoms with Crippen LogP contribution in [0, 0.1) is 27.7 Å². The molecule has 0 atom stereocenters. The minimum atomic E-state index is -1.63. The highest BCUT2D eigenvalue weighted by atomic mass is 28.3. The zero-order valence-electron chi connectivity index (χ0n) is 68.8. The van der Waals surface area contributed by atoms with E-state index < -0.39 is 24.2 Å². The number of fused-ring (bicyclic) bond motifs is 3. The number of hydrogen-bond acceptors (Lipinski definition) is 0. The number of hydrogen-bond donors (Lipinski definition) is 0. The van der Waals surface area contributed by atoms with Crippen molar-refractivity contribution < 1.29 is 13.7 Å². The fourth-order valence-corrected chi connectivity index (χ4v) is 27.5. The molecule has 16 rings (SSSR count). The average molecular weight is 1490 g/mol. The Morgan fingerprint density at radius 1 is 0.284 bits per heavy atom. The predicted octanol–water partition coefficient (Wildman–Crippen LogP) is 24.5.